The van der Waals surface area contributed by atoms with Crippen LogP contribution in [0.5, 0.6) is 0 Å². The lowest BCUT2D eigenvalue weighted by molar-refractivity contribution is -0.119. The first-order valence-corrected chi connectivity index (χ1v) is 9.09. The van der Waals surface area contributed by atoms with Crippen LogP contribution in [0.1, 0.15) is 18.5 Å². The molecule has 0 spiro atoms. The summed E-state index contributed by atoms with van der Waals surface area (Å²) in [5.41, 5.74) is 2.48. The first kappa shape index (κ1) is 17.1. The smallest absolute Gasteiger partial charge is 0.230 e. The molecule has 0 aliphatic rings. The van der Waals surface area contributed by atoms with Crippen LogP contribution in [0, 0.1) is 0 Å². The van der Waals surface area contributed by atoms with Gasteiger partial charge in [0.1, 0.15) is 5.52 Å². The molecule has 0 fully saturated rings. The zero-order chi connectivity index (χ0) is 17.1. The maximum absolute atomic E-state index is 12.1. The van der Waals surface area contributed by atoms with Gasteiger partial charge in [-0.2, -0.15) is 0 Å². The Morgan fingerprint density at radius 1 is 1.29 bits per heavy atom. The van der Waals surface area contributed by atoms with Crippen molar-refractivity contribution in [1.82, 2.24) is 15.3 Å². The van der Waals surface area contributed by atoms with Crippen molar-refractivity contribution in [2.75, 3.05) is 5.75 Å². The third kappa shape index (κ3) is 4.04. The molecule has 2 N–H and O–H groups in total. The van der Waals surface area contributed by atoms with Crippen LogP contribution in [0.25, 0.3) is 11.0 Å². The number of aromatic amines is 1. The summed E-state index contributed by atoms with van der Waals surface area (Å²) >= 11 is 13.4. The summed E-state index contributed by atoms with van der Waals surface area (Å²) in [6.07, 6.45) is 0. The van der Waals surface area contributed by atoms with Crippen molar-refractivity contribution in [2.24, 2.45) is 0 Å². The van der Waals surface area contributed by atoms with Crippen LogP contribution < -0.4 is 5.32 Å². The number of hydrogen-bond donors (Lipinski definition) is 2. The summed E-state index contributed by atoms with van der Waals surface area (Å²) in [7, 11) is 0. The lowest BCUT2D eigenvalue weighted by Crippen LogP contribution is -2.28. The number of nitrogens with one attached hydrogen (secondary N) is 2. The molecule has 0 bridgehead atoms. The van der Waals surface area contributed by atoms with Crippen LogP contribution in [-0.2, 0) is 4.79 Å². The van der Waals surface area contributed by atoms with Crippen molar-refractivity contribution in [3.63, 3.8) is 0 Å². The number of thioether (sulfide) groups is 1. The number of imidazole rings is 1. The number of H-pyrrole nitrogens is 1. The molecule has 3 rings (SSSR count). The highest BCUT2D eigenvalue weighted by Crippen LogP contribution is 2.28. The van der Waals surface area contributed by atoms with Crippen LogP contribution in [0.2, 0.25) is 10.0 Å². The van der Waals surface area contributed by atoms with Crippen molar-refractivity contribution in [1.29, 1.82) is 0 Å². The van der Waals surface area contributed by atoms with E-state index >= 15 is 0 Å². The van der Waals surface area contributed by atoms with E-state index in [1.807, 2.05) is 37.3 Å². The van der Waals surface area contributed by atoms with E-state index in [-0.39, 0.29) is 17.7 Å². The number of amides is 1. The van der Waals surface area contributed by atoms with Gasteiger partial charge < -0.3 is 10.3 Å². The summed E-state index contributed by atoms with van der Waals surface area (Å²) in [5.74, 6) is 0.212. The van der Waals surface area contributed by atoms with Gasteiger partial charge in [0.15, 0.2) is 5.16 Å². The highest BCUT2D eigenvalue weighted by atomic mass is 35.5. The Kier molecular flexibility index (Phi) is 5.33. The Bertz CT molecular complexity index is 867. The molecule has 1 aromatic heterocycles. The van der Waals surface area contributed by atoms with E-state index in [1.165, 1.54) is 11.8 Å². The van der Waals surface area contributed by atoms with Gasteiger partial charge >= 0.3 is 0 Å². The monoisotopic (exact) mass is 379 g/mol. The van der Waals surface area contributed by atoms with Crippen molar-refractivity contribution in [2.45, 2.75) is 18.1 Å². The quantitative estimate of drug-likeness (QED) is 0.623. The standard InChI is InChI=1S/C17H15Cl2N3OS/c1-10(11-5-3-2-4-6-11)20-15(23)9-24-17-21-14-8-12(18)7-13(19)16(14)22-17/h2-8,10H,9H2,1H3,(H,20,23)(H,21,22). The molecular formula is C17H15Cl2N3OS. The molecule has 1 unspecified atom stereocenters. The number of benzene rings is 2. The molecule has 3 aromatic rings. The summed E-state index contributed by atoms with van der Waals surface area (Å²) < 4.78 is 0. The predicted octanol–water partition coefficient (Wildman–Crippen LogP) is 4.84. The van der Waals surface area contributed by atoms with E-state index in [2.05, 4.69) is 15.3 Å². The molecule has 0 radical (unpaired) electrons. The molecule has 0 aliphatic heterocycles. The van der Waals surface area contributed by atoms with Gasteiger partial charge in [0, 0.05) is 5.02 Å². The van der Waals surface area contributed by atoms with E-state index < -0.39 is 0 Å². The van der Waals surface area contributed by atoms with E-state index in [0.717, 1.165) is 11.1 Å². The van der Waals surface area contributed by atoms with Crippen LogP contribution >= 0.6 is 35.0 Å². The largest absolute Gasteiger partial charge is 0.349 e. The average molecular weight is 380 g/mol. The second kappa shape index (κ2) is 7.47. The second-order valence-corrected chi connectivity index (χ2v) is 7.12. The van der Waals surface area contributed by atoms with E-state index in [4.69, 9.17) is 23.2 Å². The topological polar surface area (TPSA) is 57.8 Å². The number of hydrogen-bond acceptors (Lipinski definition) is 3. The molecule has 24 heavy (non-hydrogen) atoms. The van der Waals surface area contributed by atoms with Gasteiger partial charge in [-0.15, -0.1) is 0 Å². The summed E-state index contributed by atoms with van der Waals surface area (Å²) in [4.78, 5) is 19.6. The SMILES string of the molecule is CC(NC(=O)CSc1nc2c(Cl)cc(Cl)cc2[nH]1)c1ccccc1. The molecule has 0 saturated heterocycles. The van der Waals surface area contributed by atoms with Crippen molar-refractivity contribution < 1.29 is 4.79 Å². The minimum atomic E-state index is -0.0547. The molecule has 2 aromatic carbocycles. The Hall–Kier alpha value is -1.69. The van der Waals surface area contributed by atoms with Gasteiger partial charge in [0.05, 0.1) is 22.3 Å². The van der Waals surface area contributed by atoms with Crippen molar-refractivity contribution >= 4 is 51.9 Å². The van der Waals surface area contributed by atoms with Gasteiger partial charge in [0.2, 0.25) is 5.91 Å². The Morgan fingerprint density at radius 2 is 2.04 bits per heavy atom. The fourth-order valence-electron chi connectivity index (χ4n) is 2.33. The van der Waals surface area contributed by atoms with Gasteiger partial charge in [-0.25, -0.2) is 4.98 Å². The highest BCUT2D eigenvalue weighted by Gasteiger charge is 2.12. The third-order valence-corrected chi connectivity index (χ3v) is 4.88. The molecule has 1 atom stereocenters. The molecule has 0 aliphatic carbocycles. The van der Waals surface area contributed by atoms with Gasteiger partial charge in [0.25, 0.3) is 0 Å². The zero-order valence-corrected chi connectivity index (χ0v) is 15.2. The number of rotatable bonds is 5. The highest BCUT2D eigenvalue weighted by molar-refractivity contribution is 7.99. The fourth-order valence-corrected chi connectivity index (χ4v) is 3.55. The van der Waals surface area contributed by atoms with Gasteiger partial charge in [-0.05, 0) is 24.6 Å². The Morgan fingerprint density at radius 3 is 2.79 bits per heavy atom. The number of nitrogens with zero attached hydrogens (tertiary/aromatic N) is 1. The summed E-state index contributed by atoms with van der Waals surface area (Å²) in [6, 6.07) is 13.2. The Labute approximate surface area is 153 Å². The zero-order valence-electron chi connectivity index (χ0n) is 12.8. The number of carbonyl (C=O) groups excluding carboxylic acids is 1. The van der Waals surface area contributed by atoms with Crippen LogP contribution in [0.15, 0.2) is 47.6 Å². The Balaban J connectivity index is 1.61. The minimum Gasteiger partial charge on any atom is -0.349 e. The predicted molar refractivity (Wildman–Crippen MR) is 99.8 cm³/mol. The molecule has 1 heterocycles. The number of carbonyl (C=O) groups is 1. The molecule has 124 valence electrons. The van der Waals surface area contributed by atoms with E-state index in [0.29, 0.717) is 20.7 Å². The molecular weight excluding hydrogens is 365 g/mol. The first-order valence-electron chi connectivity index (χ1n) is 7.35. The van der Waals surface area contributed by atoms with Crippen LogP contribution in [-0.4, -0.2) is 21.6 Å². The summed E-state index contributed by atoms with van der Waals surface area (Å²) in [6.45, 7) is 1.96. The summed E-state index contributed by atoms with van der Waals surface area (Å²) in [5, 5.41) is 4.64. The molecule has 4 nitrogen and oxygen atoms in total. The number of aromatic nitrogens is 2. The molecule has 1 amide bonds. The second-order valence-electron chi connectivity index (χ2n) is 5.31. The average Bonchev–Trinajstić information content (AvgIpc) is 2.97. The van der Waals surface area contributed by atoms with Gasteiger partial charge in [-0.3, -0.25) is 4.79 Å². The van der Waals surface area contributed by atoms with Crippen LogP contribution in [0.3, 0.4) is 0 Å². The van der Waals surface area contributed by atoms with Crippen molar-refractivity contribution in [3.05, 3.63) is 58.1 Å². The van der Waals surface area contributed by atoms with Crippen LogP contribution in [0.4, 0.5) is 0 Å². The maximum atomic E-state index is 12.1. The van der Waals surface area contributed by atoms with E-state index in [1.54, 1.807) is 12.1 Å². The van der Waals surface area contributed by atoms with Gasteiger partial charge in [-0.1, -0.05) is 65.3 Å². The fraction of sp³-hybridized carbons (Fsp3) is 0.176. The maximum Gasteiger partial charge on any atom is 0.230 e. The van der Waals surface area contributed by atoms with E-state index in [9.17, 15) is 4.79 Å². The molecule has 0 saturated carbocycles. The lowest BCUT2D eigenvalue weighted by atomic mass is 10.1. The lowest BCUT2D eigenvalue weighted by Gasteiger charge is -2.13. The third-order valence-electron chi connectivity index (χ3n) is 3.50. The number of halogens is 2. The first-order chi connectivity index (χ1) is 11.5. The van der Waals surface area contributed by atoms with Crippen molar-refractivity contribution in [3.8, 4) is 0 Å². The minimum absolute atomic E-state index is 0.0387. The normalized spacial score (nSPS) is 12.3. The molecule has 7 heteroatoms. The number of fused-ring (bicyclic) bond motifs is 1.